The fourth-order valence-electron chi connectivity index (χ4n) is 2.72. The molecule has 2 N–H and O–H groups in total. The molecule has 128 valence electrons. The Kier molecular flexibility index (Phi) is 4.74. The minimum atomic E-state index is -3.86. The second kappa shape index (κ2) is 6.96. The van der Waals surface area contributed by atoms with Crippen molar-refractivity contribution in [3.05, 3.63) is 77.5 Å². The summed E-state index contributed by atoms with van der Waals surface area (Å²) < 4.78 is 28.3. The lowest BCUT2D eigenvalue weighted by Gasteiger charge is -2.19. The summed E-state index contributed by atoms with van der Waals surface area (Å²) in [6, 6.07) is 17.3. The standard InChI is InChI=1S/C19H17N2O3S/c1-2-7-15-10-5-12-17(19(15)20-22)21-25(23,24)18-13-6-9-14-8-3-4-11-16(14)18/h2-13,20-21H,1H3/q-1/b7-2-. The molecule has 0 fully saturated rings. The van der Waals surface area contributed by atoms with Crippen LogP contribution in [0.15, 0.2) is 71.6 Å². The van der Waals surface area contributed by atoms with E-state index in [0.29, 0.717) is 10.9 Å². The van der Waals surface area contributed by atoms with Gasteiger partial charge in [-0.05, 0) is 30.0 Å². The highest BCUT2D eigenvalue weighted by Gasteiger charge is 2.18. The molecule has 0 saturated carbocycles. The van der Waals surface area contributed by atoms with E-state index in [0.717, 1.165) is 5.39 Å². The molecule has 0 aliphatic heterocycles. The molecule has 0 amide bonds. The molecule has 5 nitrogen and oxygen atoms in total. The Labute approximate surface area is 146 Å². The quantitative estimate of drug-likeness (QED) is 0.658. The highest BCUT2D eigenvalue weighted by Crippen LogP contribution is 2.31. The molecule has 0 heterocycles. The third-order valence-electron chi connectivity index (χ3n) is 3.83. The van der Waals surface area contributed by atoms with E-state index in [-0.39, 0.29) is 16.3 Å². The molecule has 0 aliphatic carbocycles. The highest BCUT2D eigenvalue weighted by atomic mass is 32.2. The van der Waals surface area contributed by atoms with Crippen LogP contribution >= 0.6 is 0 Å². The first-order valence-corrected chi connectivity index (χ1v) is 9.19. The second-order valence-electron chi connectivity index (χ2n) is 5.45. The molecule has 6 heteroatoms. The normalized spacial score (nSPS) is 11.8. The fraction of sp³-hybridized carbons (Fsp3) is 0.0526. The number of hydrogen-bond donors (Lipinski definition) is 2. The number of rotatable bonds is 5. The third-order valence-corrected chi connectivity index (χ3v) is 5.25. The maximum Gasteiger partial charge on any atom is 0.262 e. The molecule has 0 unspecified atom stereocenters. The average Bonchev–Trinajstić information content (AvgIpc) is 2.61. The van der Waals surface area contributed by atoms with E-state index in [1.165, 1.54) is 0 Å². The number of benzene rings is 3. The summed E-state index contributed by atoms with van der Waals surface area (Å²) in [6.45, 7) is 1.82. The minimum Gasteiger partial charge on any atom is -0.761 e. The van der Waals surface area contributed by atoms with Gasteiger partial charge in [0, 0.05) is 5.39 Å². The first-order valence-electron chi connectivity index (χ1n) is 7.71. The van der Waals surface area contributed by atoms with E-state index in [9.17, 15) is 13.6 Å². The summed E-state index contributed by atoms with van der Waals surface area (Å²) in [6.07, 6.45) is 3.51. The topological polar surface area (TPSA) is 81.3 Å². The van der Waals surface area contributed by atoms with E-state index in [1.807, 2.05) is 30.6 Å². The lowest BCUT2D eigenvalue weighted by molar-refractivity contribution is 0.602. The van der Waals surface area contributed by atoms with Crippen LogP contribution in [-0.4, -0.2) is 8.42 Å². The van der Waals surface area contributed by atoms with Crippen LogP contribution in [0.5, 0.6) is 0 Å². The van der Waals surface area contributed by atoms with Crippen molar-refractivity contribution >= 4 is 38.2 Å². The lowest BCUT2D eigenvalue weighted by atomic mass is 10.1. The van der Waals surface area contributed by atoms with E-state index in [2.05, 4.69) is 4.72 Å². The molecule has 25 heavy (non-hydrogen) atoms. The van der Waals surface area contributed by atoms with Crippen LogP contribution in [-0.2, 0) is 10.0 Å². The Morgan fingerprint density at radius 1 is 0.960 bits per heavy atom. The van der Waals surface area contributed by atoms with Crippen LogP contribution in [0.4, 0.5) is 11.4 Å². The van der Waals surface area contributed by atoms with E-state index >= 15 is 0 Å². The van der Waals surface area contributed by atoms with E-state index < -0.39 is 10.0 Å². The Morgan fingerprint density at radius 3 is 2.44 bits per heavy atom. The molecular formula is C19H17N2O3S-. The van der Waals surface area contributed by atoms with Crippen molar-refractivity contribution in [2.24, 2.45) is 0 Å². The zero-order valence-corrected chi connectivity index (χ0v) is 14.4. The molecule has 0 radical (unpaired) electrons. The van der Waals surface area contributed by atoms with Gasteiger partial charge in [0.05, 0.1) is 16.3 Å². The van der Waals surface area contributed by atoms with Crippen molar-refractivity contribution < 1.29 is 8.42 Å². The minimum absolute atomic E-state index is 0.166. The number of anilines is 2. The predicted octanol–water partition coefficient (Wildman–Crippen LogP) is 4.58. The molecule has 0 aliphatic rings. The zero-order chi connectivity index (χ0) is 17.9. The van der Waals surface area contributed by atoms with Crippen LogP contribution in [0.25, 0.3) is 16.8 Å². The van der Waals surface area contributed by atoms with Crippen molar-refractivity contribution in [1.82, 2.24) is 0 Å². The smallest absolute Gasteiger partial charge is 0.262 e. The summed E-state index contributed by atoms with van der Waals surface area (Å²) in [5.41, 5.74) is 2.83. The van der Waals surface area contributed by atoms with Gasteiger partial charge in [-0.15, -0.1) is 0 Å². The van der Waals surface area contributed by atoms with Crippen molar-refractivity contribution in [1.29, 1.82) is 0 Å². The van der Waals surface area contributed by atoms with Crippen LogP contribution in [0.3, 0.4) is 0 Å². The van der Waals surface area contributed by atoms with Gasteiger partial charge in [0.1, 0.15) is 0 Å². The average molecular weight is 353 g/mol. The molecule has 0 bridgehead atoms. The number of para-hydroxylation sites is 1. The van der Waals surface area contributed by atoms with Crippen LogP contribution < -0.4 is 10.2 Å². The molecule has 0 saturated heterocycles. The first-order chi connectivity index (χ1) is 12.1. The largest absolute Gasteiger partial charge is 0.761 e. The van der Waals surface area contributed by atoms with Crippen LogP contribution in [0, 0.1) is 5.21 Å². The van der Waals surface area contributed by atoms with E-state index in [1.54, 1.807) is 54.6 Å². The maximum atomic E-state index is 12.9. The molecular weight excluding hydrogens is 336 g/mol. The van der Waals surface area contributed by atoms with Crippen LogP contribution in [0.1, 0.15) is 12.5 Å². The number of allylic oxidation sites excluding steroid dienone is 1. The fourth-order valence-corrected chi connectivity index (χ4v) is 4.02. The Hall–Kier alpha value is -2.83. The number of sulfonamides is 1. The van der Waals surface area contributed by atoms with Gasteiger partial charge in [0.25, 0.3) is 10.0 Å². The van der Waals surface area contributed by atoms with Gasteiger partial charge in [0.2, 0.25) is 0 Å². The van der Waals surface area contributed by atoms with Gasteiger partial charge in [-0.25, -0.2) is 8.42 Å². The third kappa shape index (κ3) is 3.35. The van der Waals surface area contributed by atoms with E-state index in [4.69, 9.17) is 0 Å². The summed E-state index contributed by atoms with van der Waals surface area (Å²) in [5, 5.41) is 12.8. The van der Waals surface area contributed by atoms with Crippen molar-refractivity contribution in [2.75, 3.05) is 10.2 Å². The number of fused-ring (bicyclic) bond motifs is 1. The summed E-state index contributed by atoms with van der Waals surface area (Å²) in [4.78, 5) is 0.166. The van der Waals surface area contributed by atoms with Crippen LogP contribution in [0.2, 0.25) is 0 Å². The molecule has 0 atom stereocenters. The molecule has 3 rings (SSSR count). The molecule has 0 aromatic heterocycles. The van der Waals surface area contributed by atoms with Crippen molar-refractivity contribution in [2.45, 2.75) is 11.8 Å². The first kappa shape index (κ1) is 17.0. The van der Waals surface area contributed by atoms with Gasteiger partial charge < -0.3 is 10.7 Å². The monoisotopic (exact) mass is 353 g/mol. The Bertz CT molecular complexity index is 1040. The van der Waals surface area contributed by atoms with Crippen molar-refractivity contribution in [3.8, 4) is 0 Å². The number of nitrogens with one attached hydrogen (secondary N) is 2. The lowest BCUT2D eigenvalue weighted by Crippen LogP contribution is -2.14. The Morgan fingerprint density at radius 2 is 1.68 bits per heavy atom. The van der Waals surface area contributed by atoms with Gasteiger partial charge in [-0.1, -0.05) is 60.7 Å². The van der Waals surface area contributed by atoms with Gasteiger partial charge in [-0.2, -0.15) is 0 Å². The predicted molar refractivity (Wildman–Crippen MR) is 103 cm³/mol. The number of hydrogen-bond acceptors (Lipinski definition) is 4. The van der Waals surface area contributed by atoms with Gasteiger partial charge in [0.15, 0.2) is 0 Å². The summed E-state index contributed by atoms with van der Waals surface area (Å²) >= 11 is 0. The second-order valence-corrected chi connectivity index (χ2v) is 7.11. The molecule has 3 aromatic rings. The van der Waals surface area contributed by atoms with Gasteiger partial charge >= 0.3 is 0 Å². The summed E-state index contributed by atoms with van der Waals surface area (Å²) in [7, 11) is -3.86. The van der Waals surface area contributed by atoms with Crippen molar-refractivity contribution in [3.63, 3.8) is 0 Å². The Balaban J connectivity index is 2.09. The SMILES string of the molecule is C/C=C\c1cccc(NS(=O)(=O)c2cccc3ccccc23)c1N[O-]. The molecule has 0 spiro atoms. The maximum absolute atomic E-state index is 12.9. The highest BCUT2D eigenvalue weighted by molar-refractivity contribution is 7.93. The molecule has 3 aromatic carbocycles. The van der Waals surface area contributed by atoms with Gasteiger partial charge in [-0.3, -0.25) is 4.72 Å². The summed E-state index contributed by atoms with van der Waals surface area (Å²) in [5.74, 6) is 0. The zero-order valence-electron chi connectivity index (χ0n) is 13.6.